The van der Waals surface area contributed by atoms with Crippen LogP contribution < -0.4 is 5.32 Å². The van der Waals surface area contributed by atoms with Gasteiger partial charge in [-0.05, 0) is 18.1 Å². The molecule has 1 amide bonds. The summed E-state index contributed by atoms with van der Waals surface area (Å²) >= 11 is 0. The summed E-state index contributed by atoms with van der Waals surface area (Å²) in [6.07, 6.45) is 0.107. The van der Waals surface area contributed by atoms with Crippen LogP contribution in [0.15, 0.2) is 54.6 Å². The Morgan fingerprint density at radius 2 is 1.70 bits per heavy atom. The van der Waals surface area contributed by atoms with Crippen molar-refractivity contribution in [3.63, 3.8) is 0 Å². The third-order valence-corrected chi connectivity index (χ3v) is 3.47. The van der Waals surface area contributed by atoms with Gasteiger partial charge in [0, 0.05) is 6.92 Å². The van der Waals surface area contributed by atoms with E-state index in [0.29, 0.717) is 0 Å². The molecule has 0 fully saturated rings. The monoisotopic (exact) mass is 311 g/mol. The smallest absolute Gasteiger partial charge is 0.308 e. The van der Waals surface area contributed by atoms with Crippen LogP contribution in [0.1, 0.15) is 36.1 Å². The average Bonchev–Trinajstić information content (AvgIpc) is 2.54. The zero-order valence-corrected chi connectivity index (χ0v) is 13.4. The summed E-state index contributed by atoms with van der Waals surface area (Å²) in [6.45, 7) is 3.68. The van der Waals surface area contributed by atoms with Gasteiger partial charge in [0.15, 0.2) is 0 Å². The molecule has 2 aromatic carbocycles. The van der Waals surface area contributed by atoms with Crippen LogP contribution in [0.5, 0.6) is 0 Å². The summed E-state index contributed by atoms with van der Waals surface area (Å²) in [4.78, 5) is 23.4. The van der Waals surface area contributed by atoms with Gasteiger partial charge < -0.3 is 10.1 Å². The van der Waals surface area contributed by atoms with Crippen LogP contribution in [0.4, 0.5) is 0 Å². The van der Waals surface area contributed by atoms with Crippen LogP contribution in [0.25, 0.3) is 0 Å². The minimum absolute atomic E-state index is 0.107. The molecule has 0 aliphatic carbocycles. The third-order valence-electron chi connectivity index (χ3n) is 3.47. The molecule has 120 valence electrons. The van der Waals surface area contributed by atoms with Crippen molar-refractivity contribution < 1.29 is 14.3 Å². The van der Waals surface area contributed by atoms with E-state index in [-0.39, 0.29) is 30.9 Å². The van der Waals surface area contributed by atoms with Gasteiger partial charge >= 0.3 is 5.97 Å². The quantitative estimate of drug-likeness (QED) is 0.833. The van der Waals surface area contributed by atoms with Crippen molar-refractivity contribution in [1.29, 1.82) is 0 Å². The molecule has 0 spiro atoms. The van der Waals surface area contributed by atoms with Crippen LogP contribution in [-0.4, -0.2) is 11.9 Å². The Morgan fingerprint density at radius 3 is 2.30 bits per heavy atom. The Labute approximate surface area is 136 Å². The molecule has 1 N–H and O–H groups in total. The number of carbonyl (C=O) groups excluding carboxylic acids is 2. The van der Waals surface area contributed by atoms with Crippen molar-refractivity contribution in [3.05, 3.63) is 71.3 Å². The zero-order chi connectivity index (χ0) is 16.7. The van der Waals surface area contributed by atoms with Gasteiger partial charge in [-0.25, -0.2) is 0 Å². The van der Waals surface area contributed by atoms with E-state index in [1.165, 1.54) is 6.92 Å². The highest BCUT2D eigenvalue weighted by Gasteiger charge is 2.17. The first-order valence-electron chi connectivity index (χ1n) is 7.58. The van der Waals surface area contributed by atoms with Crippen LogP contribution >= 0.6 is 0 Å². The molecule has 0 heterocycles. The summed E-state index contributed by atoms with van der Waals surface area (Å²) in [6, 6.07) is 16.9. The normalized spacial score (nSPS) is 11.6. The average molecular weight is 311 g/mol. The molecule has 0 aliphatic heterocycles. The number of amides is 1. The molecule has 0 saturated heterocycles. The molecule has 0 unspecified atom stereocenters. The Morgan fingerprint density at radius 1 is 1.04 bits per heavy atom. The molecule has 0 aromatic heterocycles. The molecular formula is C19H21NO3. The number of hydrogen-bond donors (Lipinski definition) is 1. The molecule has 4 nitrogen and oxygen atoms in total. The lowest BCUT2D eigenvalue weighted by atomic mass is 10.0. The molecule has 0 saturated carbocycles. The predicted molar refractivity (Wildman–Crippen MR) is 88.6 cm³/mol. The largest absolute Gasteiger partial charge is 0.461 e. The SMILES string of the molecule is CC(=O)N[C@H](CC(=O)OCc1ccc(C)cc1)c1ccccc1. The maximum absolute atomic E-state index is 12.1. The van der Waals surface area contributed by atoms with Crippen molar-refractivity contribution in [3.8, 4) is 0 Å². The molecule has 1 atom stereocenters. The van der Waals surface area contributed by atoms with Crippen molar-refractivity contribution in [2.24, 2.45) is 0 Å². The summed E-state index contributed by atoms with van der Waals surface area (Å²) < 4.78 is 5.31. The topological polar surface area (TPSA) is 55.4 Å². The first-order chi connectivity index (χ1) is 11.0. The third kappa shape index (κ3) is 5.58. The lowest BCUT2D eigenvalue weighted by Gasteiger charge is -2.17. The van der Waals surface area contributed by atoms with E-state index < -0.39 is 0 Å². The number of hydrogen-bond acceptors (Lipinski definition) is 3. The Bertz CT molecular complexity index is 650. The minimum atomic E-state index is -0.376. The fourth-order valence-corrected chi connectivity index (χ4v) is 2.26. The molecule has 4 heteroatoms. The van der Waals surface area contributed by atoms with Gasteiger partial charge in [0.1, 0.15) is 6.61 Å². The second kappa shape index (κ2) is 8.13. The van der Waals surface area contributed by atoms with Gasteiger partial charge in [0.05, 0.1) is 12.5 Å². The molecular weight excluding hydrogens is 290 g/mol. The summed E-state index contributed by atoms with van der Waals surface area (Å²) in [7, 11) is 0. The van der Waals surface area contributed by atoms with Crippen LogP contribution in [-0.2, 0) is 20.9 Å². The van der Waals surface area contributed by atoms with Crippen LogP contribution in [0.2, 0.25) is 0 Å². The van der Waals surface area contributed by atoms with Crippen LogP contribution in [0.3, 0.4) is 0 Å². The van der Waals surface area contributed by atoms with E-state index in [4.69, 9.17) is 4.74 Å². The van der Waals surface area contributed by atoms with E-state index >= 15 is 0 Å². The van der Waals surface area contributed by atoms with Gasteiger partial charge in [-0.3, -0.25) is 9.59 Å². The number of ether oxygens (including phenoxy) is 1. The van der Waals surface area contributed by atoms with Crippen molar-refractivity contribution >= 4 is 11.9 Å². The highest BCUT2D eigenvalue weighted by atomic mass is 16.5. The molecule has 23 heavy (non-hydrogen) atoms. The van der Waals surface area contributed by atoms with Crippen molar-refractivity contribution in [2.75, 3.05) is 0 Å². The number of esters is 1. The zero-order valence-electron chi connectivity index (χ0n) is 13.4. The van der Waals surface area contributed by atoms with E-state index in [1.54, 1.807) is 0 Å². The van der Waals surface area contributed by atoms with Crippen molar-refractivity contribution in [1.82, 2.24) is 5.32 Å². The lowest BCUT2D eigenvalue weighted by Crippen LogP contribution is -2.28. The standard InChI is InChI=1S/C19H21NO3/c1-14-8-10-16(11-9-14)13-23-19(22)12-18(20-15(2)21)17-6-4-3-5-7-17/h3-11,18H,12-13H2,1-2H3,(H,20,21)/t18-/m1/s1. The maximum atomic E-state index is 12.1. The molecule has 0 bridgehead atoms. The summed E-state index contributed by atoms with van der Waals surface area (Å²) in [5.74, 6) is -0.515. The second-order valence-corrected chi connectivity index (χ2v) is 5.51. The molecule has 0 aliphatic rings. The Balaban J connectivity index is 1.94. The van der Waals surface area contributed by atoms with Gasteiger partial charge in [0.2, 0.25) is 5.91 Å². The first-order valence-corrected chi connectivity index (χ1v) is 7.58. The fourth-order valence-electron chi connectivity index (χ4n) is 2.26. The minimum Gasteiger partial charge on any atom is -0.461 e. The van der Waals surface area contributed by atoms with E-state index in [1.807, 2.05) is 61.5 Å². The van der Waals surface area contributed by atoms with Gasteiger partial charge in [-0.1, -0.05) is 60.2 Å². The maximum Gasteiger partial charge on any atom is 0.308 e. The number of carbonyl (C=O) groups is 2. The lowest BCUT2D eigenvalue weighted by molar-refractivity contribution is -0.145. The first kappa shape index (κ1) is 16.7. The Hall–Kier alpha value is -2.62. The highest BCUT2D eigenvalue weighted by molar-refractivity contribution is 5.76. The van der Waals surface area contributed by atoms with Crippen molar-refractivity contribution in [2.45, 2.75) is 32.9 Å². The number of rotatable bonds is 6. The molecule has 2 rings (SSSR count). The Kier molecular flexibility index (Phi) is 5.92. The van der Waals surface area contributed by atoms with Crippen LogP contribution in [0, 0.1) is 6.92 Å². The molecule has 0 radical (unpaired) electrons. The van der Waals surface area contributed by atoms with Gasteiger partial charge in [-0.2, -0.15) is 0 Å². The van der Waals surface area contributed by atoms with Gasteiger partial charge in [0.25, 0.3) is 0 Å². The van der Waals surface area contributed by atoms with E-state index in [2.05, 4.69) is 5.32 Å². The number of aryl methyl sites for hydroxylation is 1. The fraction of sp³-hybridized carbons (Fsp3) is 0.263. The summed E-state index contributed by atoms with van der Waals surface area (Å²) in [5.41, 5.74) is 2.99. The second-order valence-electron chi connectivity index (χ2n) is 5.51. The summed E-state index contributed by atoms with van der Waals surface area (Å²) in [5, 5.41) is 2.79. The van der Waals surface area contributed by atoms with E-state index in [0.717, 1.165) is 16.7 Å². The van der Waals surface area contributed by atoms with E-state index in [9.17, 15) is 9.59 Å². The highest BCUT2D eigenvalue weighted by Crippen LogP contribution is 2.17. The number of benzene rings is 2. The predicted octanol–water partition coefficient (Wildman–Crippen LogP) is 3.31. The van der Waals surface area contributed by atoms with Gasteiger partial charge in [-0.15, -0.1) is 0 Å². The molecule has 2 aromatic rings. The number of nitrogens with one attached hydrogen (secondary N) is 1.